The molecule has 2 rings (SSSR count). The zero-order chi connectivity index (χ0) is 18.6. The van der Waals surface area contributed by atoms with Gasteiger partial charge in [0.25, 0.3) is 10.0 Å². The van der Waals surface area contributed by atoms with Crippen LogP contribution in [0.1, 0.15) is 13.8 Å². The van der Waals surface area contributed by atoms with E-state index >= 15 is 0 Å². The molecule has 5 nitrogen and oxygen atoms in total. The Balaban J connectivity index is 2.39. The first-order valence-electron chi connectivity index (χ1n) is 7.36. The van der Waals surface area contributed by atoms with Crippen LogP contribution < -0.4 is 14.2 Å². The average Bonchev–Trinajstić information content (AvgIpc) is 2.57. The van der Waals surface area contributed by atoms with E-state index in [2.05, 4.69) is 0 Å². The van der Waals surface area contributed by atoms with Crippen LogP contribution in [0.4, 0.5) is 18.9 Å². The fourth-order valence-electron chi connectivity index (χ4n) is 2.01. The predicted molar refractivity (Wildman–Crippen MR) is 85.9 cm³/mol. The van der Waals surface area contributed by atoms with Gasteiger partial charge in [0.15, 0.2) is 29.0 Å². The van der Waals surface area contributed by atoms with Gasteiger partial charge in [0.05, 0.1) is 23.8 Å². The Bertz CT molecular complexity index is 872. The van der Waals surface area contributed by atoms with Gasteiger partial charge in [-0.05, 0) is 38.1 Å². The minimum absolute atomic E-state index is 0.193. The Labute approximate surface area is 143 Å². The molecule has 0 radical (unpaired) electrons. The molecule has 0 bridgehead atoms. The summed E-state index contributed by atoms with van der Waals surface area (Å²) in [5.41, 5.74) is -0.703. The van der Waals surface area contributed by atoms with E-state index in [1.165, 1.54) is 18.2 Å². The van der Waals surface area contributed by atoms with E-state index in [1.807, 2.05) is 4.72 Å². The highest BCUT2D eigenvalue weighted by Crippen LogP contribution is 2.31. The van der Waals surface area contributed by atoms with Crippen molar-refractivity contribution >= 4 is 15.7 Å². The smallest absolute Gasteiger partial charge is 0.262 e. The van der Waals surface area contributed by atoms with E-state index in [1.54, 1.807) is 13.8 Å². The van der Waals surface area contributed by atoms with E-state index in [9.17, 15) is 21.6 Å². The van der Waals surface area contributed by atoms with Gasteiger partial charge in [-0.2, -0.15) is 0 Å². The predicted octanol–water partition coefficient (Wildman–Crippen LogP) is 3.70. The third-order valence-electron chi connectivity index (χ3n) is 3.10. The molecule has 136 valence electrons. The van der Waals surface area contributed by atoms with E-state index < -0.39 is 33.2 Å². The van der Waals surface area contributed by atoms with Crippen LogP contribution in [-0.4, -0.2) is 21.6 Å². The fraction of sp³-hybridized carbons (Fsp3) is 0.250. The number of benzene rings is 2. The maximum Gasteiger partial charge on any atom is 0.262 e. The molecule has 2 aromatic rings. The lowest BCUT2D eigenvalue weighted by Crippen LogP contribution is -2.15. The minimum Gasteiger partial charge on any atom is -0.490 e. The quantitative estimate of drug-likeness (QED) is 0.750. The highest BCUT2D eigenvalue weighted by atomic mass is 32.2. The van der Waals surface area contributed by atoms with Gasteiger partial charge in [-0.3, -0.25) is 4.72 Å². The summed E-state index contributed by atoms with van der Waals surface area (Å²) in [6, 6.07) is 5.25. The number of nitrogens with one attached hydrogen (secondary N) is 1. The van der Waals surface area contributed by atoms with Crippen molar-refractivity contribution in [2.75, 3.05) is 17.9 Å². The molecule has 25 heavy (non-hydrogen) atoms. The second-order valence-corrected chi connectivity index (χ2v) is 6.49. The summed E-state index contributed by atoms with van der Waals surface area (Å²) in [4.78, 5) is -0.247. The van der Waals surface area contributed by atoms with Crippen LogP contribution in [0.15, 0.2) is 35.2 Å². The molecule has 0 saturated carbocycles. The number of ether oxygens (including phenoxy) is 2. The van der Waals surface area contributed by atoms with Crippen LogP contribution in [-0.2, 0) is 10.0 Å². The van der Waals surface area contributed by atoms with Gasteiger partial charge >= 0.3 is 0 Å². The molecule has 0 saturated heterocycles. The molecule has 0 fully saturated rings. The van der Waals surface area contributed by atoms with E-state index in [4.69, 9.17) is 9.47 Å². The maximum absolute atomic E-state index is 13.7. The van der Waals surface area contributed by atoms with E-state index in [0.29, 0.717) is 18.4 Å². The normalized spacial score (nSPS) is 11.2. The Morgan fingerprint density at radius 3 is 2.20 bits per heavy atom. The number of rotatable bonds is 7. The Morgan fingerprint density at radius 2 is 1.56 bits per heavy atom. The molecular formula is C16H16F3NO4S. The molecule has 0 spiro atoms. The van der Waals surface area contributed by atoms with Crippen molar-refractivity contribution in [2.45, 2.75) is 18.7 Å². The lowest BCUT2D eigenvalue weighted by Gasteiger charge is -2.14. The van der Waals surface area contributed by atoms with E-state index in [0.717, 1.165) is 6.07 Å². The molecule has 0 heterocycles. The topological polar surface area (TPSA) is 64.6 Å². The third kappa shape index (κ3) is 4.16. The average molecular weight is 375 g/mol. The second-order valence-electron chi connectivity index (χ2n) is 4.80. The van der Waals surface area contributed by atoms with Crippen LogP contribution in [0, 0.1) is 17.5 Å². The number of halogens is 3. The number of hydrogen-bond acceptors (Lipinski definition) is 4. The third-order valence-corrected chi connectivity index (χ3v) is 4.47. The first kappa shape index (κ1) is 18.9. The van der Waals surface area contributed by atoms with Gasteiger partial charge in [0.1, 0.15) is 0 Å². The number of anilines is 1. The fourth-order valence-corrected chi connectivity index (χ4v) is 3.08. The molecule has 0 aliphatic rings. The molecule has 0 aliphatic heterocycles. The van der Waals surface area contributed by atoms with Gasteiger partial charge in [-0.25, -0.2) is 21.6 Å². The van der Waals surface area contributed by atoms with Crippen molar-refractivity contribution in [3.63, 3.8) is 0 Å². The van der Waals surface area contributed by atoms with Crippen LogP contribution in [0.2, 0.25) is 0 Å². The second kappa shape index (κ2) is 7.64. The van der Waals surface area contributed by atoms with Gasteiger partial charge in [-0.15, -0.1) is 0 Å². The van der Waals surface area contributed by atoms with E-state index in [-0.39, 0.29) is 17.3 Å². The van der Waals surface area contributed by atoms with Crippen molar-refractivity contribution in [3.8, 4) is 11.5 Å². The maximum atomic E-state index is 13.7. The molecule has 0 aromatic heterocycles. The number of hydrogen-bond donors (Lipinski definition) is 1. The molecule has 9 heteroatoms. The summed E-state index contributed by atoms with van der Waals surface area (Å²) >= 11 is 0. The Kier molecular flexibility index (Phi) is 5.78. The zero-order valence-corrected chi connectivity index (χ0v) is 14.3. The lowest BCUT2D eigenvalue weighted by atomic mass is 10.3. The highest BCUT2D eigenvalue weighted by Gasteiger charge is 2.21. The van der Waals surface area contributed by atoms with Crippen LogP contribution in [0.5, 0.6) is 11.5 Å². The summed E-state index contributed by atoms with van der Waals surface area (Å²) in [6.07, 6.45) is 0. The summed E-state index contributed by atoms with van der Waals surface area (Å²) in [5.74, 6) is -4.26. The minimum atomic E-state index is -4.25. The first-order chi connectivity index (χ1) is 11.8. The Morgan fingerprint density at radius 1 is 0.920 bits per heavy atom. The first-order valence-corrected chi connectivity index (χ1v) is 8.84. The summed E-state index contributed by atoms with van der Waals surface area (Å²) < 4.78 is 77.2. The van der Waals surface area contributed by atoms with Gasteiger partial charge in [0, 0.05) is 6.07 Å². The lowest BCUT2D eigenvalue weighted by molar-refractivity contribution is 0.287. The van der Waals surface area contributed by atoms with Crippen molar-refractivity contribution in [1.29, 1.82) is 0 Å². The standard InChI is InChI=1S/C16H16F3NO4S/c1-3-23-13-8-5-10(9-14(13)24-4-2)25(21,22)20-12-7-6-11(17)15(18)16(12)19/h5-9,20H,3-4H2,1-2H3. The van der Waals surface area contributed by atoms with Gasteiger partial charge in [-0.1, -0.05) is 0 Å². The Hall–Kier alpha value is -2.42. The monoisotopic (exact) mass is 375 g/mol. The number of sulfonamides is 1. The zero-order valence-electron chi connectivity index (χ0n) is 13.5. The largest absolute Gasteiger partial charge is 0.490 e. The van der Waals surface area contributed by atoms with Crippen molar-refractivity contribution in [2.24, 2.45) is 0 Å². The SMILES string of the molecule is CCOc1ccc(S(=O)(=O)Nc2ccc(F)c(F)c2F)cc1OCC. The molecule has 0 unspecified atom stereocenters. The molecule has 2 aromatic carbocycles. The van der Waals surface area contributed by atoms with Crippen LogP contribution in [0.25, 0.3) is 0 Å². The van der Waals surface area contributed by atoms with Crippen LogP contribution in [0.3, 0.4) is 0 Å². The summed E-state index contributed by atoms with van der Waals surface area (Å²) in [5, 5.41) is 0. The highest BCUT2D eigenvalue weighted by molar-refractivity contribution is 7.92. The van der Waals surface area contributed by atoms with Crippen molar-refractivity contribution < 1.29 is 31.1 Å². The molecule has 0 amide bonds. The van der Waals surface area contributed by atoms with Gasteiger partial charge < -0.3 is 9.47 Å². The summed E-state index contributed by atoms with van der Waals surface area (Å²) in [7, 11) is -4.25. The molecule has 0 aliphatic carbocycles. The van der Waals surface area contributed by atoms with Gasteiger partial charge in [0.2, 0.25) is 0 Å². The molecule has 0 atom stereocenters. The van der Waals surface area contributed by atoms with Crippen molar-refractivity contribution in [3.05, 3.63) is 47.8 Å². The molecule has 1 N–H and O–H groups in total. The van der Waals surface area contributed by atoms with Crippen molar-refractivity contribution in [1.82, 2.24) is 0 Å². The summed E-state index contributed by atoms with van der Waals surface area (Å²) in [6.45, 7) is 4.10. The van der Waals surface area contributed by atoms with Crippen LogP contribution >= 0.6 is 0 Å². The molecular weight excluding hydrogens is 359 g/mol.